The Morgan fingerprint density at radius 2 is 1.67 bits per heavy atom. The number of carbonyl (C=O) groups is 1. The smallest absolute Gasteiger partial charge is 0.340 e. The van der Waals surface area contributed by atoms with E-state index < -0.39 is 11.6 Å². The van der Waals surface area contributed by atoms with E-state index in [9.17, 15) is 9.59 Å². The van der Waals surface area contributed by atoms with Gasteiger partial charge in [0.2, 0.25) is 0 Å². The predicted octanol–water partition coefficient (Wildman–Crippen LogP) is 5.00. The van der Waals surface area contributed by atoms with Gasteiger partial charge in [-0.25, -0.2) is 4.79 Å². The van der Waals surface area contributed by atoms with E-state index in [1.54, 1.807) is 0 Å². The first-order valence-electron chi connectivity index (χ1n) is 9.96. The summed E-state index contributed by atoms with van der Waals surface area (Å²) in [5.74, 6) is 0.185. The molecule has 2 aromatic carbocycles. The first-order chi connectivity index (χ1) is 14.1. The van der Waals surface area contributed by atoms with Crippen LogP contribution in [0.25, 0.3) is 11.0 Å². The van der Waals surface area contributed by atoms with Gasteiger partial charge in [0.15, 0.2) is 0 Å². The van der Waals surface area contributed by atoms with Crippen LogP contribution in [-0.2, 0) is 28.0 Å². The molecule has 0 amide bonds. The fourth-order valence-corrected chi connectivity index (χ4v) is 3.41. The second-order valence-corrected chi connectivity index (χ2v) is 8.55. The molecule has 1 aromatic heterocycles. The highest BCUT2D eigenvalue weighted by Crippen LogP contribution is 2.30. The molecule has 5 nitrogen and oxygen atoms in total. The molecule has 0 unspecified atom stereocenters. The van der Waals surface area contributed by atoms with Crippen molar-refractivity contribution in [3.05, 3.63) is 74.6 Å². The van der Waals surface area contributed by atoms with E-state index in [0.29, 0.717) is 23.5 Å². The molecule has 1 heterocycles. The summed E-state index contributed by atoms with van der Waals surface area (Å²) in [5, 5.41) is 0.785. The molecule has 3 rings (SSSR count). The van der Waals surface area contributed by atoms with E-state index >= 15 is 0 Å². The number of rotatable bonds is 5. The summed E-state index contributed by atoms with van der Waals surface area (Å²) in [6.07, 6.45) is -0.109. The summed E-state index contributed by atoms with van der Waals surface area (Å²) >= 11 is 0. The second kappa shape index (κ2) is 8.34. The Hall–Kier alpha value is -3.08. The summed E-state index contributed by atoms with van der Waals surface area (Å²) in [6, 6.07) is 12.1. The maximum atomic E-state index is 12.4. The Morgan fingerprint density at radius 3 is 2.27 bits per heavy atom. The highest BCUT2D eigenvalue weighted by molar-refractivity contribution is 5.86. The molecule has 0 atom stereocenters. The van der Waals surface area contributed by atoms with Gasteiger partial charge in [-0.3, -0.25) is 4.79 Å². The van der Waals surface area contributed by atoms with Crippen LogP contribution in [0.2, 0.25) is 0 Å². The van der Waals surface area contributed by atoms with Crippen LogP contribution in [0, 0.1) is 13.8 Å². The average molecular weight is 408 g/mol. The van der Waals surface area contributed by atoms with Crippen LogP contribution >= 0.6 is 0 Å². The van der Waals surface area contributed by atoms with Gasteiger partial charge in [-0.05, 0) is 48.1 Å². The molecular weight excluding hydrogens is 380 g/mol. The number of hydrogen-bond acceptors (Lipinski definition) is 5. The lowest BCUT2D eigenvalue weighted by atomic mass is 9.87. The van der Waals surface area contributed by atoms with Crippen LogP contribution in [0.4, 0.5) is 0 Å². The lowest BCUT2D eigenvalue weighted by molar-refractivity contribution is -0.139. The maximum Gasteiger partial charge on any atom is 0.340 e. The van der Waals surface area contributed by atoms with Crippen molar-refractivity contribution >= 4 is 16.9 Å². The van der Waals surface area contributed by atoms with Crippen molar-refractivity contribution in [3.63, 3.8) is 0 Å². The van der Waals surface area contributed by atoms with Crippen molar-refractivity contribution < 1.29 is 18.7 Å². The van der Waals surface area contributed by atoms with E-state index in [2.05, 4.69) is 49.8 Å². The molecule has 0 fully saturated rings. The van der Waals surface area contributed by atoms with Gasteiger partial charge >= 0.3 is 11.6 Å². The fraction of sp³-hybridized carbons (Fsp3) is 0.360. The van der Waals surface area contributed by atoms with Gasteiger partial charge in [-0.15, -0.1) is 0 Å². The lowest BCUT2D eigenvalue weighted by Gasteiger charge is -2.19. The molecule has 0 radical (unpaired) electrons. The molecule has 30 heavy (non-hydrogen) atoms. The monoisotopic (exact) mass is 408 g/mol. The highest BCUT2D eigenvalue weighted by atomic mass is 16.5. The lowest BCUT2D eigenvalue weighted by Crippen LogP contribution is -2.16. The number of hydrogen-bond donors (Lipinski definition) is 0. The minimum absolute atomic E-state index is 0.108. The average Bonchev–Trinajstić information content (AvgIpc) is 2.70. The van der Waals surface area contributed by atoms with E-state index in [1.165, 1.54) is 12.7 Å². The molecule has 0 spiro atoms. The van der Waals surface area contributed by atoms with E-state index in [4.69, 9.17) is 9.15 Å². The first-order valence-corrected chi connectivity index (χ1v) is 9.96. The molecule has 0 aliphatic rings. The van der Waals surface area contributed by atoms with Crippen molar-refractivity contribution in [2.24, 2.45) is 0 Å². The molecular formula is C25H28O5. The van der Waals surface area contributed by atoms with Crippen molar-refractivity contribution in [1.29, 1.82) is 0 Å². The second-order valence-electron chi connectivity index (χ2n) is 8.55. The molecule has 0 saturated carbocycles. The fourth-order valence-electron chi connectivity index (χ4n) is 3.41. The van der Waals surface area contributed by atoms with Crippen LogP contribution in [0.1, 0.15) is 48.6 Å². The summed E-state index contributed by atoms with van der Waals surface area (Å²) in [7, 11) is 1.30. The van der Waals surface area contributed by atoms with Gasteiger partial charge in [-0.2, -0.15) is 0 Å². The number of fused-ring (bicyclic) bond motifs is 1. The normalized spacial score (nSPS) is 11.5. The number of methoxy groups -OCH3 is 1. The largest absolute Gasteiger partial charge is 0.488 e. The molecule has 0 N–H and O–H groups in total. The van der Waals surface area contributed by atoms with Gasteiger partial charge in [0, 0.05) is 10.9 Å². The van der Waals surface area contributed by atoms with Crippen LogP contribution in [-0.4, -0.2) is 13.1 Å². The highest BCUT2D eigenvalue weighted by Gasteiger charge is 2.18. The third-order valence-electron chi connectivity index (χ3n) is 5.42. The van der Waals surface area contributed by atoms with E-state index in [-0.39, 0.29) is 11.8 Å². The van der Waals surface area contributed by atoms with Crippen LogP contribution < -0.4 is 10.4 Å². The van der Waals surface area contributed by atoms with Crippen LogP contribution in [0.15, 0.2) is 45.6 Å². The number of benzene rings is 2. The summed E-state index contributed by atoms with van der Waals surface area (Å²) < 4.78 is 16.2. The number of ether oxygens (including phenoxy) is 2. The maximum absolute atomic E-state index is 12.4. The zero-order valence-corrected chi connectivity index (χ0v) is 18.4. The Kier molecular flexibility index (Phi) is 6.01. The van der Waals surface area contributed by atoms with Crippen LogP contribution in [0.3, 0.4) is 0 Å². The molecule has 0 saturated heterocycles. The Balaban J connectivity index is 1.87. The van der Waals surface area contributed by atoms with Crippen LogP contribution in [0.5, 0.6) is 5.75 Å². The minimum Gasteiger partial charge on any atom is -0.488 e. The molecule has 0 aliphatic heterocycles. The number of esters is 1. The predicted molar refractivity (Wildman–Crippen MR) is 117 cm³/mol. The molecule has 0 bridgehead atoms. The standard InChI is InChI=1S/C25H28O5/c1-15-19-11-12-21(29-14-17-7-9-18(10-8-17)25(3,4)5)16(2)23(19)30-24(27)20(15)13-22(26)28-6/h7-12H,13-14H2,1-6H3. The third-order valence-corrected chi connectivity index (χ3v) is 5.42. The van der Waals surface area contributed by atoms with E-state index in [1.807, 2.05) is 26.0 Å². The SMILES string of the molecule is COC(=O)Cc1c(C)c2ccc(OCc3ccc(C(C)(C)C)cc3)c(C)c2oc1=O. The summed E-state index contributed by atoms with van der Waals surface area (Å²) in [4.78, 5) is 24.1. The van der Waals surface area contributed by atoms with Gasteiger partial charge in [0.1, 0.15) is 17.9 Å². The van der Waals surface area contributed by atoms with Crippen molar-refractivity contribution in [1.82, 2.24) is 0 Å². The van der Waals surface area contributed by atoms with E-state index in [0.717, 1.165) is 22.1 Å². The topological polar surface area (TPSA) is 65.7 Å². The van der Waals surface area contributed by atoms with Gasteiger partial charge < -0.3 is 13.9 Å². The molecule has 3 aromatic rings. The molecule has 158 valence electrons. The van der Waals surface area contributed by atoms with Crippen molar-refractivity contribution in [3.8, 4) is 5.75 Å². The molecule has 0 aliphatic carbocycles. The first kappa shape index (κ1) is 21.6. The Labute approximate surface area is 176 Å². The van der Waals surface area contributed by atoms with Crippen molar-refractivity contribution in [2.75, 3.05) is 7.11 Å². The van der Waals surface area contributed by atoms with Gasteiger partial charge in [-0.1, -0.05) is 45.0 Å². The van der Waals surface area contributed by atoms with Gasteiger partial charge in [0.25, 0.3) is 0 Å². The number of aryl methyl sites for hydroxylation is 2. The zero-order valence-electron chi connectivity index (χ0n) is 18.4. The Morgan fingerprint density at radius 1 is 1.00 bits per heavy atom. The number of carbonyl (C=O) groups excluding carboxylic acids is 1. The quantitative estimate of drug-likeness (QED) is 0.439. The zero-order chi connectivity index (χ0) is 22.1. The minimum atomic E-state index is -0.525. The molecule has 5 heteroatoms. The third kappa shape index (κ3) is 4.40. The summed E-state index contributed by atoms with van der Waals surface area (Å²) in [5.41, 5.74) is 4.19. The van der Waals surface area contributed by atoms with Gasteiger partial charge in [0.05, 0.1) is 19.1 Å². The van der Waals surface area contributed by atoms with Crippen molar-refractivity contribution in [2.45, 2.75) is 53.1 Å². The summed E-state index contributed by atoms with van der Waals surface area (Å²) in [6.45, 7) is 10.6. The Bertz CT molecular complexity index is 1130.